The summed E-state index contributed by atoms with van der Waals surface area (Å²) in [4.78, 5) is 48.3. The second kappa shape index (κ2) is 6.14. The van der Waals surface area contributed by atoms with Crippen molar-refractivity contribution >= 4 is 23.5 Å². The second-order valence-electron chi connectivity index (χ2n) is 6.40. The lowest BCUT2D eigenvalue weighted by atomic mass is 10.1. The molecule has 0 fully saturated rings. The Morgan fingerprint density at radius 2 is 1.85 bits per heavy atom. The number of nitrogen functional groups attached to an aromatic ring is 1. The molecule has 8 heteroatoms. The van der Waals surface area contributed by atoms with Crippen LogP contribution in [0.5, 0.6) is 0 Å². The van der Waals surface area contributed by atoms with Crippen molar-refractivity contribution in [1.29, 1.82) is 0 Å². The molecule has 0 atom stereocenters. The number of carbonyl (C=O) groups is 3. The smallest absolute Gasteiger partial charge is 0.262 e. The van der Waals surface area contributed by atoms with Crippen molar-refractivity contribution in [3.8, 4) is 5.69 Å². The van der Waals surface area contributed by atoms with Crippen molar-refractivity contribution in [3.63, 3.8) is 0 Å². The van der Waals surface area contributed by atoms with Crippen LogP contribution >= 0.6 is 0 Å². The van der Waals surface area contributed by atoms with Gasteiger partial charge in [-0.15, -0.1) is 0 Å². The van der Waals surface area contributed by atoms with Gasteiger partial charge in [0.25, 0.3) is 23.3 Å². The van der Waals surface area contributed by atoms with Gasteiger partial charge in [0.15, 0.2) is 0 Å². The van der Waals surface area contributed by atoms with E-state index in [0.717, 1.165) is 10.6 Å². The minimum Gasteiger partial charge on any atom is -0.384 e. The number of fused-ring (bicyclic) bond motifs is 1. The summed E-state index contributed by atoms with van der Waals surface area (Å²) in [6.45, 7) is 5.44. The molecule has 3 amide bonds. The molecule has 26 heavy (non-hydrogen) atoms. The zero-order valence-electron chi connectivity index (χ0n) is 14.5. The Labute approximate surface area is 149 Å². The van der Waals surface area contributed by atoms with E-state index in [1.165, 1.54) is 0 Å². The van der Waals surface area contributed by atoms with Gasteiger partial charge in [0.2, 0.25) is 0 Å². The molecule has 8 nitrogen and oxygen atoms in total. The molecule has 0 spiro atoms. The summed E-state index contributed by atoms with van der Waals surface area (Å²) in [7, 11) is 0. The number of aryl methyl sites for hydroxylation is 1. The zero-order valence-corrected chi connectivity index (χ0v) is 14.5. The van der Waals surface area contributed by atoms with Crippen molar-refractivity contribution in [3.05, 3.63) is 56.9 Å². The van der Waals surface area contributed by atoms with E-state index in [1.54, 1.807) is 25.1 Å². The maximum Gasteiger partial charge on any atom is 0.262 e. The fourth-order valence-corrected chi connectivity index (χ4v) is 2.92. The number of pyridine rings is 1. The van der Waals surface area contributed by atoms with Crippen LogP contribution in [0.25, 0.3) is 5.69 Å². The van der Waals surface area contributed by atoms with E-state index in [4.69, 9.17) is 5.73 Å². The van der Waals surface area contributed by atoms with Crippen LogP contribution in [-0.4, -0.2) is 28.3 Å². The summed E-state index contributed by atoms with van der Waals surface area (Å²) in [5.74, 6) is -1.62. The number of nitrogens with zero attached hydrogens (tertiary/aromatic N) is 1. The molecule has 4 N–H and O–H groups in total. The average Bonchev–Trinajstić information content (AvgIpc) is 2.82. The van der Waals surface area contributed by atoms with Gasteiger partial charge in [0.1, 0.15) is 5.82 Å². The van der Waals surface area contributed by atoms with E-state index in [2.05, 4.69) is 10.6 Å². The Hall–Kier alpha value is -3.42. The highest BCUT2D eigenvalue weighted by Gasteiger charge is 2.32. The quantitative estimate of drug-likeness (QED) is 0.702. The predicted octanol–water partition coefficient (Wildman–Crippen LogP) is 0.750. The average molecular weight is 354 g/mol. The Kier molecular flexibility index (Phi) is 4.11. The third kappa shape index (κ3) is 2.75. The monoisotopic (exact) mass is 354 g/mol. The van der Waals surface area contributed by atoms with Crippen LogP contribution < -0.4 is 21.9 Å². The Morgan fingerprint density at radius 1 is 1.15 bits per heavy atom. The first-order valence-corrected chi connectivity index (χ1v) is 8.03. The maximum atomic E-state index is 12.5. The summed E-state index contributed by atoms with van der Waals surface area (Å²) in [5.41, 5.74) is 6.95. The van der Waals surface area contributed by atoms with Gasteiger partial charge in [-0.1, -0.05) is 0 Å². The lowest BCUT2D eigenvalue weighted by Crippen LogP contribution is -2.30. The number of imide groups is 1. The number of nitrogens with one attached hydrogen (secondary N) is 2. The molecular formula is C18H18N4O4. The zero-order chi connectivity index (χ0) is 19.2. The first kappa shape index (κ1) is 17.4. The van der Waals surface area contributed by atoms with Crippen molar-refractivity contribution in [2.75, 3.05) is 5.73 Å². The van der Waals surface area contributed by atoms with Crippen LogP contribution in [0, 0.1) is 6.92 Å². The normalized spacial score (nSPS) is 12.9. The van der Waals surface area contributed by atoms with Crippen molar-refractivity contribution < 1.29 is 14.4 Å². The van der Waals surface area contributed by atoms with Gasteiger partial charge in [0.05, 0.1) is 16.8 Å². The highest BCUT2D eigenvalue weighted by atomic mass is 16.2. The fraction of sp³-hybridized carbons (Fsp3) is 0.222. The molecule has 1 aliphatic heterocycles. The van der Waals surface area contributed by atoms with Crippen LogP contribution in [0.2, 0.25) is 0 Å². The second-order valence-corrected chi connectivity index (χ2v) is 6.40. The van der Waals surface area contributed by atoms with E-state index >= 15 is 0 Å². The Balaban J connectivity index is 2.13. The van der Waals surface area contributed by atoms with Gasteiger partial charge in [0, 0.05) is 17.7 Å². The van der Waals surface area contributed by atoms with E-state index in [0.29, 0.717) is 16.8 Å². The number of nitrogens with two attached hydrogens (primary N) is 1. The SMILES string of the molecule is Cc1cc(C(=O)NC(C)C)ccc1-n1c(N)c2c(cc1=O)C(=O)NC2=O. The van der Waals surface area contributed by atoms with Gasteiger partial charge in [-0.2, -0.15) is 0 Å². The van der Waals surface area contributed by atoms with Gasteiger partial charge in [-0.05, 0) is 44.5 Å². The molecule has 0 saturated carbocycles. The number of hydrogen-bond donors (Lipinski definition) is 3. The molecule has 0 radical (unpaired) electrons. The maximum absolute atomic E-state index is 12.5. The molecule has 0 bridgehead atoms. The van der Waals surface area contributed by atoms with Crippen molar-refractivity contribution in [1.82, 2.24) is 15.2 Å². The number of benzene rings is 1. The van der Waals surface area contributed by atoms with Crippen LogP contribution in [0.3, 0.4) is 0 Å². The lowest BCUT2D eigenvalue weighted by molar-refractivity contribution is 0.0877. The van der Waals surface area contributed by atoms with Crippen LogP contribution in [-0.2, 0) is 0 Å². The molecule has 0 saturated heterocycles. The van der Waals surface area contributed by atoms with E-state index in [9.17, 15) is 19.2 Å². The topological polar surface area (TPSA) is 123 Å². The molecule has 3 rings (SSSR count). The summed E-state index contributed by atoms with van der Waals surface area (Å²) >= 11 is 0. The number of hydrogen-bond acceptors (Lipinski definition) is 5. The highest BCUT2D eigenvalue weighted by Crippen LogP contribution is 2.24. The molecule has 0 unspecified atom stereocenters. The third-order valence-corrected chi connectivity index (χ3v) is 4.07. The molecule has 1 aromatic carbocycles. The molecule has 0 aliphatic carbocycles. The van der Waals surface area contributed by atoms with Crippen molar-refractivity contribution in [2.24, 2.45) is 0 Å². The molecule has 1 aliphatic rings. The number of aromatic nitrogens is 1. The van der Waals surface area contributed by atoms with Crippen molar-refractivity contribution in [2.45, 2.75) is 26.8 Å². The Morgan fingerprint density at radius 3 is 2.46 bits per heavy atom. The number of rotatable bonds is 3. The molecule has 2 aromatic rings. The summed E-state index contributed by atoms with van der Waals surface area (Å²) < 4.78 is 1.16. The largest absolute Gasteiger partial charge is 0.384 e. The predicted molar refractivity (Wildman–Crippen MR) is 95.6 cm³/mol. The van der Waals surface area contributed by atoms with Crippen LogP contribution in [0.15, 0.2) is 29.1 Å². The summed E-state index contributed by atoms with van der Waals surface area (Å²) in [6.07, 6.45) is 0. The molecule has 2 heterocycles. The highest BCUT2D eigenvalue weighted by molar-refractivity contribution is 6.23. The minimum atomic E-state index is -0.640. The fourth-order valence-electron chi connectivity index (χ4n) is 2.92. The van der Waals surface area contributed by atoms with E-state index < -0.39 is 17.4 Å². The number of amides is 3. The first-order valence-electron chi connectivity index (χ1n) is 8.03. The Bertz CT molecular complexity index is 1020. The van der Waals surface area contributed by atoms with E-state index in [1.807, 2.05) is 13.8 Å². The van der Waals surface area contributed by atoms with Gasteiger partial charge >= 0.3 is 0 Å². The first-order chi connectivity index (χ1) is 12.2. The molecule has 134 valence electrons. The summed E-state index contributed by atoms with van der Waals surface area (Å²) in [6, 6.07) is 5.88. The molecule has 1 aromatic heterocycles. The van der Waals surface area contributed by atoms with Gasteiger partial charge in [-0.25, -0.2) is 0 Å². The summed E-state index contributed by atoms with van der Waals surface area (Å²) in [5, 5.41) is 4.91. The molecular weight excluding hydrogens is 336 g/mol. The van der Waals surface area contributed by atoms with Gasteiger partial charge < -0.3 is 11.1 Å². The lowest BCUT2D eigenvalue weighted by Gasteiger charge is -2.15. The van der Waals surface area contributed by atoms with Crippen LogP contribution in [0.4, 0.5) is 5.82 Å². The third-order valence-electron chi connectivity index (χ3n) is 4.07. The minimum absolute atomic E-state index is 0.00601. The number of carbonyl (C=O) groups excluding carboxylic acids is 3. The van der Waals surface area contributed by atoms with Gasteiger partial charge in [-0.3, -0.25) is 29.1 Å². The standard InChI is InChI=1S/C18H18N4O4/c1-8(2)20-16(24)10-4-5-12(9(3)6-10)22-13(23)7-11-14(15(22)19)18(26)21-17(11)25/h4-8H,19H2,1-3H3,(H,20,24)(H,21,25,26). The number of anilines is 1. The van der Waals surface area contributed by atoms with E-state index in [-0.39, 0.29) is 28.9 Å². The van der Waals surface area contributed by atoms with Crippen LogP contribution in [0.1, 0.15) is 50.5 Å².